The fourth-order valence-corrected chi connectivity index (χ4v) is 2.91. The van der Waals surface area contributed by atoms with Gasteiger partial charge in [0, 0.05) is 25.1 Å². The lowest BCUT2D eigenvalue weighted by Crippen LogP contribution is -2.33. The van der Waals surface area contributed by atoms with Crippen molar-refractivity contribution in [3.63, 3.8) is 0 Å². The van der Waals surface area contributed by atoms with Gasteiger partial charge in [0.05, 0.1) is 29.8 Å². The van der Waals surface area contributed by atoms with Crippen LogP contribution in [-0.2, 0) is 16.0 Å². The van der Waals surface area contributed by atoms with E-state index in [1.807, 2.05) is 26.1 Å². The van der Waals surface area contributed by atoms with Gasteiger partial charge in [-0.25, -0.2) is 0 Å². The number of halogens is 1. The van der Waals surface area contributed by atoms with Gasteiger partial charge in [-0.2, -0.15) is 0 Å². The zero-order valence-corrected chi connectivity index (χ0v) is 13.2. The third-order valence-corrected chi connectivity index (χ3v) is 3.77. The molecule has 1 aromatic rings. The van der Waals surface area contributed by atoms with Gasteiger partial charge in [-0.15, -0.1) is 11.3 Å². The molecule has 0 aliphatic carbocycles. The average Bonchev–Trinajstić information content (AvgIpc) is 2.72. The number of hydrogen-bond donors (Lipinski definition) is 1. The Balaban J connectivity index is 2.22. The minimum Gasteiger partial charge on any atom is -0.389 e. The highest BCUT2D eigenvalue weighted by Gasteiger charge is 2.11. The Morgan fingerprint density at radius 3 is 2.74 bits per heavy atom. The average molecular weight is 308 g/mol. The second-order valence-corrected chi connectivity index (χ2v) is 6.46. The Bertz CT molecular complexity index is 361. The van der Waals surface area contributed by atoms with E-state index in [-0.39, 0.29) is 6.10 Å². The Labute approximate surface area is 123 Å². The van der Waals surface area contributed by atoms with E-state index in [1.165, 1.54) is 4.88 Å². The molecule has 2 unspecified atom stereocenters. The lowest BCUT2D eigenvalue weighted by atomic mass is 10.3. The number of aliphatic hydroxyl groups is 1. The normalized spacial score (nSPS) is 14.8. The fraction of sp³-hybridized carbons (Fsp3) is 0.692. The van der Waals surface area contributed by atoms with E-state index >= 15 is 0 Å². The number of ether oxygens (including phenoxy) is 2. The van der Waals surface area contributed by atoms with Crippen molar-refractivity contribution in [3.8, 4) is 0 Å². The largest absolute Gasteiger partial charge is 0.389 e. The van der Waals surface area contributed by atoms with Crippen LogP contribution in [0.25, 0.3) is 0 Å². The monoisotopic (exact) mass is 307 g/mol. The number of hydrogen-bond acceptors (Lipinski definition) is 5. The molecule has 0 aliphatic heterocycles. The minimum absolute atomic E-state index is 0.000980. The van der Waals surface area contributed by atoms with Crippen molar-refractivity contribution < 1.29 is 14.6 Å². The minimum atomic E-state index is -0.500. The third kappa shape index (κ3) is 7.25. The Hall–Kier alpha value is -0.170. The fourth-order valence-electron chi connectivity index (χ4n) is 1.74. The summed E-state index contributed by atoms with van der Waals surface area (Å²) in [6, 6.07) is 3.90. The van der Waals surface area contributed by atoms with Gasteiger partial charge in [0.2, 0.25) is 0 Å². The van der Waals surface area contributed by atoms with Crippen molar-refractivity contribution in [2.45, 2.75) is 25.7 Å². The third-order valence-electron chi connectivity index (χ3n) is 2.55. The van der Waals surface area contributed by atoms with Crippen molar-refractivity contribution >= 4 is 22.9 Å². The molecule has 4 nitrogen and oxygen atoms in total. The molecule has 0 saturated carbocycles. The van der Waals surface area contributed by atoms with Crippen LogP contribution in [0.15, 0.2) is 12.1 Å². The van der Waals surface area contributed by atoms with E-state index in [1.54, 1.807) is 18.4 Å². The van der Waals surface area contributed by atoms with Crippen molar-refractivity contribution in [2.24, 2.45) is 0 Å². The summed E-state index contributed by atoms with van der Waals surface area (Å²) in [6.07, 6.45) is -0.499. The number of methoxy groups -OCH3 is 1. The summed E-state index contributed by atoms with van der Waals surface area (Å²) in [5, 5.41) is 9.89. The zero-order valence-electron chi connectivity index (χ0n) is 11.6. The van der Waals surface area contributed by atoms with Crippen LogP contribution in [0.4, 0.5) is 0 Å². The molecule has 0 radical (unpaired) electrons. The highest BCUT2D eigenvalue weighted by molar-refractivity contribution is 7.16. The maximum atomic E-state index is 9.89. The van der Waals surface area contributed by atoms with Crippen molar-refractivity contribution in [1.29, 1.82) is 0 Å². The number of aliphatic hydroxyl groups excluding tert-OH is 1. The van der Waals surface area contributed by atoms with Crippen LogP contribution in [0.2, 0.25) is 4.34 Å². The molecule has 1 N–H and O–H groups in total. The molecule has 0 aliphatic rings. The van der Waals surface area contributed by atoms with Crippen molar-refractivity contribution in [1.82, 2.24) is 4.90 Å². The standard InChI is InChI=1S/C13H22ClNO3S/c1-10(8-17-3)18-9-11(16)6-15(2)7-12-4-5-13(14)19-12/h4-5,10-11,16H,6-9H2,1-3H3. The van der Waals surface area contributed by atoms with Crippen molar-refractivity contribution in [3.05, 3.63) is 21.3 Å². The van der Waals surface area contributed by atoms with E-state index in [0.717, 1.165) is 10.9 Å². The first-order chi connectivity index (χ1) is 9.01. The SMILES string of the molecule is COCC(C)OCC(O)CN(C)Cc1ccc(Cl)s1. The second-order valence-electron chi connectivity index (χ2n) is 4.66. The molecule has 0 amide bonds. The summed E-state index contributed by atoms with van der Waals surface area (Å²) < 4.78 is 11.2. The van der Waals surface area contributed by atoms with E-state index < -0.39 is 6.10 Å². The van der Waals surface area contributed by atoms with Crippen LogP contribution in [0.3, 0.4) is 0 Å². The number of nitrogens with zero attached hydrogens (tertiary/aromatic N) is 1. The van der Waals surface area contributed by atoms with E-state index in [2.05, 4.69) is 4.90 Å². The topological polar surface area (TPSA) is 41.9 Å². The number of rotatable bonds is 9. The van der Waals surface area contributed by atoms with Crippen LogP contribution >= 0.6 is 22.9 Å². The molecule has 0 saturated heterocycles. The van der Waals surface area contributed by atoms with Gasteiger partial charge in [-0.1, -0.05) is 11.6 Å². The Morgan fingerprint density at radius 1 is 1.42 bits per heavy atom. The Kier molecular flexibility index (Phi) is 7.90. The van der Waals surface area contributed by atoms with Gasteiger partial charge in [0.15, 0.2) is 0 Å². The van der Waals surface area contributed by atoms with Crippen LogP contribution < -0.4 is 0 Å². The van der Waals surface area contributed by atoms with Crippen LogP contribution in [0.1, 0.15) is 11.8 Å². The van der Waals surface area contributed by atoms with E-state index in [4.69, 9.17) is 21.1 Å². The first-order valence-electron chi connectivity index (χ1n) is 6.22. The molecule has 0 bridgehead atoms. The quantitative estimate of drug-likeness (QED) is 0.760. The molecular weight excluding hydrogens is 286 g/mol. The predicted octanol–water partition coefficient (Wildman–Crippen LogP) is 2.25. The van der Waals surface area contributed by atoms with E-state index in [0.29, 0.717) is 19.8 Å². The van der Waals surface area contributed by atoms with Gasteiger partial charge >= 0.3 is 0 Å². The molecule has 1 rings (SSSR count). The van der Waals surface area contributed by atoms with Gasteiger partial charge in [0.1, 0.15) is 0 Å². The predicted molar refractivity (Wildman–Crippen MR) is 79.0 cm³/mol. The van der Waals surface area contributed by atoms with Crippen LogP contribution in [0, 0.1) is 0 Å². The highest BCUT2D eigenvalue weighted by atomic mass is 35.5. The van der Waals surface area contributed by atoms with Crippen LogP contribution in [-0.4, -0.2) is 56.1 Å². The van der Waals surface area contributed by atoms with Gasteiger partial charge in [-0.3, -0.25) is 4.90 Å². The first kappa shape index (κ1) is 16.9. The van der Waals surface area contributed by atoms with Gasteiger partial charge < -0.3 is 14.6 Å². The van der Waals surface area contributed by atoms with Crippen LogP contribution in [0.5, 0.6) is 0 Å². The summed E-state index contributed by atoms with van der Waals surface area (Å²) in [5.41, 5.74) is 0. The van der Waals surface area contributed by atoms with Crippen molar-refractivity contribution in [2.75, 3.05) is 33.9 Å². The molecule has 19 heavy (non-hydrogen) atoms. The maximum Gasteiger partial charge on any atom is 0.0931 e. The molecule has 2 atom stereocenters. The number of likely N-dealkylation sites (N-methyl/N-ethyl adjacent to an activating group) is 1. The molecule has 1 aromatic heterocycles. The lowest BCUT2D eigenvalue weighted by Gasteiger charge is -2.21. The Morgan fingerprint density at radius 2 is 2.16 bits per heavy atom. The first-order valence-corrected chi connectivity index (χ1v) is 7.42. The maximum absolute atomic E-state index is 9.89. The summed E-state index contributed by atoms with van der Waals surface area (Å²) in [4.78, 5) is 3.24. The summed E-state index contributed by atoms with van der Waals surface area (Å²) in [6.45, 7) is 4.13. The molecule has 0 spiro atoms. The molecule has 1 heterocycles. The highest BCUT2D eigenvalue weighted by Crippen LogP contribution is 2.22. The summed E-state index contributed by atoms with van der Waals surface area (Å²) in [7, 11) is 3.60. The van der Waals surface area contributed by atoms with E-state index in [9.17, 15) is 5.11 Å². The van der Waals surface area contributed by atoms with Gasteiger partial charge in [0.25, 0.3) is 0 Å². The molecule has 0 aromatic carbocycles. The summed E-state index contributed by atoms with van der Waals surface area (Å²) in [5.74, 6) is 0. The molecule has 0 fully saturated rings. The summed E-state index contributed by atoms with van der Waals surface area (Å²) >= 11 is 7.44. The smallest absolute Gasteiger partial charge is 0.0931 e. The molecule has 110 valence electrons. The second kappa shape index (κ2) is 8.89. The zero-order chi connectivity index (χ0) is 14.3. The molecular formula is C13H22ClNO3S. The molecule has 6 heteroatoms. The number of thiophene rings is 1. The van der Waals surface area contributed by atoms with Gasteiger partial charge in [-0.05, 0) is 26.1 Å². The lowest BCUT2D eigenvalue weighted by molar-refractivity contribution is -0.0384.